The molecular formula is C20H27N5O3. The number of anilines is 2. The van der Waals surface area contributed by atoms with Gasteiger partial charge >= 0.3 is 6.09 Å². The largest absolute Gasteiger partial charge is 0.453 e. The Hall–Kier alpha value is -2.61. The number of methoxy groups -OCH3 is 1. The van der Waals surface area contributed by atoms with E-state index in [0.29, 0.717) is 19.1 Å². The van der Waals surface area contributed by atoms with Crippen molar-refractivity contribution in [2.45, 2.75) is 38.8 Å². The lowest BCUT2D eigenvalue weighted by atomic mass is 10.0. The third-order valence-corrected chi connectivity index (χ3v) is 5.59. The van der Waals surface area contributed by atoms with E-state index in [1.165, 1.54) is 12.8 Å². The van der Waals surface area contributed by atoms with Gasteiger partial charge in [-0.05, 0) is 31.4 Å². The summed E-state index contributed by atoms with van der Waals surface area (Å²) in [5, 5.41) is 5.00. The van der Waals surface area contributed by atoms with Crippen LogP contribution >= 0.6 is 0 Å². The molecule has 0 saturated carbocycles. The highest BCUT2D eigenvalue weighted by atomic mass is 16.5. The van der Waals surface area contributed by atoms with E-state index in [1.54, 1.807) is 4.90 Å². The standard InChI is InChI=1S/C20H27N5O3/c1-14-4-5-18(21-12-14)23(2)19-16-13-24(20(26)27-3)9-6-17(16)25(22-19)15-7-10-28-11-8-15/h4-5,12,15H,6-11,13H2,1-3H3. The van der Waals surface area contributed by atoms with Gasteiger partial charge in [-0.3, -0.25) is 4.68 Å². The first-order chi connectivity index (χ1) is 13.6. The molecule has 8 heteroatoms. The van der Waals surface area contributed by atoms with Gasteiger partial charge in [0.1, 0.15) is 5.82 Å². The van der Waals surface area contributed by atoms with Crippen molar-refractivity contribution in [2.75, 3.05) is 38.8 Å². The average Bonchev–Trinajstić information content (AvgIpc) is 3.12. The maximum absolute atomic E-state index is 12.1. The molecule has 0 bridgehead atoms. The lowest BCUT2D eigenvalue weighted by Crippen LogP contribution is -2.37. The summed E-state index contributed by atoms with van der Waals surface area (Å²) in [4.78, 5) is 20.4. The van der Waals surface area contributed by atoms with Gasteiger partial charge in [-0.2, -0.15) is 5.10 Å². The van der Waals surface area contributed by atoms with Crippen LogP contribution in [0.2, 0.25) is 0 Å². The van der Waals surface area contributed by atoms with Crippen molar-refractivity contribution in [1.82, 2.24) is 19.7 Å². The van der Waals surface area contributed by atoms with Crippen molar-refractivity contribution >= 4 is 17.7 Å². The number of carbonyl (C=O) groups is 1. The van der Waals surface area contributed by atoms with E-state index in [1.807, 2.05) is 37.2 Å². The number of hydrogen-bond donors (Lipinski definition) is 0. The van der Waals surface area contributed by atoms with Gasteiger partial charge in [0, 0.05) is 50.7 Å². The fraction of sp³-hybridized carbons (Fsp3) is 0.550. The third-order valence-electron chi connectivity index (χ3n) is 5.59. The fourth-order valence-electron chi connectivity index (χ4n) is 3.98. The van der Waals surface area contributed by atoms with Gasteiger partial charge in [0.05, 0.1) is 19.7 Å². The molecule has 2 aromatic rings. The summed E-state index contributed by atoms with van der Waals surface area (Å²) in [6.07, 6.45) is 4.24. The van der Waals surface area contributed by atoms with Crippen molar-refractivity contribution in [2.24, 2.45) is 0 Å². The second-order valence-corrected chi connectivity index (χ2v) is 7.43. The van der Waals surface area contributed by atoms with Gasteiger partial charge in [-0.1, -0.05) is 6.07 Å². The first-order valence-corrected chi connectivity index (χ1v) is 9.75. The molecule has 2 aliphatic heterocycles. The first kappa shape index (κ1) is 18.7. The topological polar surface area (TPSA) is 72.7 Å². The number of carbonyl (C=O) groups excluding carboxylic acids is 1. The molecule has 0 N–H and O–H groups in total. The van der Waals surface area contributed by atoms with E-state index in [4.69, 9.17) is 14.6 Å². The van der Waals surface area contributed by atoms with Crippen LogP contribution in [-0.2, 0) is 22.4 Å². The third kappa shape index (κ3) is 3.44. The predicted octanol–water partition coefficient (Wildman–Crippen LogP) is 2.83. The number of aromatic nitrogens is 3. The number of amides is 1. The zero-order valence-corrected chi connectivity index (χ0v) is 16.7. The molecule has 0 unspecified atom stereocenters. The lowest BCUT2D eigenvalue weighted by molar-refractivity contribution is 0.0649. The molecule has 28 heavy (non-hydrogen) atoms. The number of ether oxygens (including phenoxy) is 2. The normalized spacial score (nSPS) is 17.3. The summed E-state index contributed by atoms with van der Waals surface area (Å²) >= 11 is 0. The van der Waals surface area contributed by atoms with Crippen molar-refractivity contribution in [1.29, 1.82) is 0 Å². The molecule has 150 valence electrons. The molecule has 0 aromatic carbocycles. The lowest BCUT2D eigenvalue weighted by Gasteiger charge is -2.29. The number of pyridine rings is 1. The summed E-state index contributed by atoms with van der Waals surface area (Å²) in [6.45, 7) is 4.68. The second kappa shape index (κ2) is 7.79. The molecule has 1 amide bonds. The van der Waals surface area contributed by atoms with Crippen LogP contribution in [0.3, 0.4) is 0 Å². The van der Waals surface area contributed by atoms with Crippen molar-refractivity contribution in [3.05, 3.63) is 35.2 Å². The molecule has 2 aliphatic rings. The minimum absolute atomic E-state index is 0.300. The molecule has 0 aliphatic carbocycles. The van der Waals surface area contributed by atoms with E-state index in [9.17, 15) is 4.79 Å². The highest BCUT2D eigenvalue weighted by Crippen LogP contribution is 2.35. The molecule has 2 aromatic heterocycles. The number of rotatable bonds is 3. The summed E-state index contributed by atoms with van der Waals surface area (Å²) < 4.78 is 12.6. The summed E-state index contributed by atoms with van der Waals surface area (Å²) in [5.41, 5.74) is 3.40. The maximum Gasteiger partial charge on any atom is 0.409 e. The Labute approximate surface area is 165 Å². The quantitative estimate of drug-likeness (QED) is 0.809. The van der Waals surface area contributed by atoms with Crippen LogP contribution in [-0.4, -0.2) is 59.7 Å². The van der Waals surface area contributed by atoms with Crippen LogP contribution in [0.4, 0.5) is 16.4 Å². The van der Waals surface area contributed by atoms with E-state index in [-0.39, 0.29) is 6.09 Å². The number of fused-ring (bicyclic) bond motifs is 1. The summed E-state index contributed by atoms with van der Waals surface area (Å²) in [6, 6.07) is 4.37. The first-order valence-electron chi connectivity index (χ1n) is 9.75. The van der Waals surface area contributed by atoms with Crippen LogP contribution in [0.15, 0.2) is 18.3 Å². The zero-order chi connectivity index (χ0) is 19.7. The molecule has 1 fully saturated rings. The van der Waals surface area contributed by atoms with Gasteiger partial charge in [-0.25, -0.2) is 9.78 Å². The van der Waals surface area contributed by atoms with Crippen LogP contribution in [0.5, 0.6) is 0 Å². The predicted molar refractivity (Wildman–Crippen MR) is 105 cm³/mol. The summed E-state index contributed by atoms with van der Waals surface area (Å²) in [5.74, 6) is 1.69. The number of nitrogens with zero attached hydrogens (tertiary/aromatic N) is 5. The van der Waals surface area contributed by atoms with Gasteiger partial charge in [-0.15, -0.1) is 0 Å². The van der Waals surface area contributed by atoms with Crippen molar-refractivity contribution < 1.29 is 14.3 Å². The highest BCUT2D eigenvalue weighted by Gasteiger charge is 2.32. The van der Waals surface area contributed by atoms with Crippen LogP contribution in [0.25, 0.3) is 0 Å². The number of aryl methyl sites for hydroxylation is 1. The van der Waals surface area contributed by atoms with Gasteiger partial charge < -0.3 is 19.3 Å². The summed E-state index contributed by atoms with van der Waals surface area (Å²) in [7, 11) is 3.40. The van der Waals surface area contributed by atoms with Crippen LogP contribution in [0, 0.1) is 6.92 Å². The van der Waals surface area contributed by atoms with Crippen molar-refractivity contribution in [3.63, 3.8) is 0 Å². The molecule has 4 heterocycles. The van der Waals surface area contributed by atoms with E-state index >= 15 is 0 Å². The smallest absolute Gasteiger partial charge is 0.409 e. The monoisotopic (exact) mass is 385 g/mol. The SMILES string of the molecule is COC(=O)N1CCc2c(c(N(C)c3ccc(C)cn3)nn2C2CCOCC2)C1. The Kier molecular flexibility index (Phi) is 5.21. The Morgan fingerprint density at radius 2 is 2.11 bits per heavy atom. The van der Waals surface area contributed by atoms with Gasteiger partial charge in [0.15, 0.2) is 5.82 Å². The minimum atomic E-state index is -0.300. The van der Waals surface area contributed by atoms with E-state index < -0.39 is 0 Å². The maximum atomic E-state index is 12.1. The molecular weight excluding hydrogens is 358 g/mol. The molecule has 0 radical (unpaired) electrons. The van der Waals surface area contributed by atoms with E-state index in [0.717, 1.165) is 55.2 Å². The molecule has 1 saturated heterocycles. The number of hydrogen-bond acceptors (Lipinski definition) is 6. The van der Waals surface area contributed by atoms with Gasteiger partial charge in [0.2, 0.25) is 0 Å². The fourth-order valence-corrected chi connectivity index (χ4v) is 3.98. The Bertz CT molecular complexity index is 842. The van der Waals surface area contributed by atoms with Crippen LogP contribution in [0.1, 0.15) is 35.7 Å². The Morgan fingerprint density at radius 3 is 2.79 bits per heavy atom. The Morgan fingerprint density at radius 1 is 1.32 bits per heavy atom. The highest BCUT2D eigenvalue weighted by molar-refractivity contribution is 5.69. The van der Waals surface area contributed by atoms with Crippen molar-refractivity contribution in [3.8, 4) is 0 Å². The Balaban J connectivity index is 1.73. The minimum Gasteiger partial charge on any atom is -0.453 e. The van der Waals surface area contributed by atoms with Gasteiger partial charge in [0.25, 0.3) is 0 Å². The molecule has 0 atom stereocenters. The molecule has 0 spiro atoms. The zero-order valence-electron chi connectivity index (χ0n) is 16.7. The molecule has 4 rings (SSSR count). The molecule has 8 nitrogen and oxygen atoms in total. The average molecular weight is 385 g/mol. The van der Waals surface area contributed by atoms with E-state index in [2.05, 4.69) is 9.67 Å². The van der Waals surface area contributed by atoms with Crippen LogP contribution < -0.4 is 4.90 Å². The second-order valence-electron chi connectivity index (χ2n) is 7.43.